The fourth-order valence-electron chi connectivity index (χ4n) is 1.96. The van der Waals surface area contributed by atoms with Crippen LogP contribution >= 0.6 is 31.9 Å². The molecule has 0 radical (unpaired) electrons. The monoisotopic (exact) mass is 401 g/mol. The number of nitrogens with zero attached hydrogens (tertiary/aromatic N) is 2. The summed E-state index contributed by atoms with van der Waals surface area (Å²) < 4.78 is 9.67. The third-order valence-electron chi connectivity index (χ3n) is 3.00. The van der Waals surface area contributed by atoms with Gasteiger partial charge in [-0.25, -0.2) is 0 Å². The molecule has 1 heterocycles. The molecule has 0 fully saturated rings. The summed E-state index contributed by atoms with van der Waals surface area (Å²) in [6.07, 6.45) is 0. The SMILES string of the molecule is CNCc1ccc(OCc2c(Br)c(C)nn2C)c(Br)c1. The maximum atomic E-state index is 5.87. The molecule has 0 saturated carbocycles. The van der Waals surface area contributed by atoms with Crippen LogP contribution in [0.1, 0.15) is 17.0 Å². The Morgan fingerprint density at radius 1 is 1.35 bits per heavy atom. The average Bonchev–Trinajstić information content (AvgIpc) is 2.64. The zero-order valence-corrected chi connectivity index (χ0v) is 14.9. The summed E-state index contributed by atoms with van der Waals surface area (Å²) in [5, 5.41) is 7.48. The van der Waals surface area contributed by atoms with Gasteiger partial charge in [0.2, 0.25) is 0 Å². The van der Waals surface area contributed by atoms with Gasteiger partial charge < -0.3 is 10.1 Å². The number of halogens is 2. The Labute approximate surface area is 135 Å². The minimum atomic E-state index is 0.474. The van der Waals surface area contributed by atoms with Gasteiger partial charge in [0.15, 0.2) is 0 Å². The van der Waals surface area contributed by atoms with E-state index in [4.69, 9.17) is 4.74 Å². The summed E-state index contributed by atoms with van der Waals surface area (Å²) in [6, 6.07) is 6.10. The smallest absolute Gasteiger partial charge is 0.134 e. The number of hydrogen-bond donors (Lipinski definition) is 1. The van der Waals surface area contributed by atoms with Gasteiger partial charge in [-0.15, -0.1) is 0 Å². The fourth-order valence-corrected chi connectivity index (χ4v) is 2.95. The molecule has 0 spiro atoms. The molecule has 2 aromatic rings. The quantitative estimate of drug-likeness (QED) is 0.831. The molecule has 6 heteroatoms. The van der Waals surface area contributed by atoms with E-state index in [-0.39, 0.29) is 0 Å². The highest BCUT2D eigenvalue weighted by Gasteiger charge is 2.12. The summed E-state index contributed by atoms with van der Waals surface area (Å²) in [6.45, 7) is 3.28. The van der Waals surface area contributed by atoms with Crippen LogP contribution in [0.15, 0.2) is 27.1 Å². The molecule has 0 aliphatic rings. The number of ether oxygens (including phenoxy) is 1. The number of hydrogen-bond acceptors (Lipinski definition) is 3. The molecule has 2 rings (SSSR count). The van der Waals surface area contributed by atoms with Gasteiger partial charge in [-0.1, -0.05) is 6.07 Å². The molecule has 0 unspecified atom stereocenters. The van der Waals surface area contributed by atoms with Crippen molar-refractivity contribution in [2.24, 2.45) is 7.05 Å². The second-order valence-electron chi connectivity index (χ2n) is 4.55. The van der Waals surface area contributed by atoms with E-state index < -0.39 is 0 Å². The Balaban J connectivity index is 2.11. The molecule has 0 aliphatic carbocycles. The van der Waals surface area contributed by atoms with Crippen LogP contribution in [0, 0.1) is 6.92 Å². The Morgan fingerprint density at radius 2 is 2.10 bits per heavy atom. The van der Waals surface area contributed by atoms with Gasteiger partial charge in [0.05, 0.1) is 20.3 Å². The van der Waals surface area contributed by atoms with E-state index in [1.807, 2.05) is 31.8 Å². The predicted molar refractivity (Wildman–Crippen MR) is 86.9 cm³/mol. The second-order valence-corrected chi connectivity index (χ2v) is 6.20. The van der Waals surface area contributed by atoms with Gasteiger partial charge in [0, 0.05) is 13.6 Å². The topological polar surface area (TPSA) is 39.1 Å². The van der Waals surface area contributed by atoms with Crippen LogP contribution in [0.2, 0.25) is 0 Å². The van der Waals surface area contributed by atoms with Crippen molar-refractivity contribution in [2.45, 2.75) is 20.1 Å². The van der Waals surface area contributed by atoms with Crippen LogP contribution in [-0.4, -0.2) is 16.8 Å². The maximum Gasteiger partial charge on any atom is 0.134 e. The van der Waals surface area contributed by atoms with Gasteiger partial charge in [-0.3, -0.25) is 4.68 Å². The predicted octanol–water partition coefficient (Wildman–Crippen LogP) is 3.55. The van der Waals surface area contributed by atoms with Crippen molar-refractivity contribution in [3.05, 3.63) is 44.1 Å². The summed E-state index contributed by atoms with van der Waals surface area (Å²) in [7, 11) is 3.85. The Bertz CT molecular complexity index is 611. The molecule has 4 nitrogen and oxygen atoms in total. The van der Waals surface area contributed by atoms with Crippen LogP contribution in [0.25, 0.3) is 0 Å². The van der Waals surface area contributed by atoms with E-state index in [1.54, 1.807) is 0 Å². The standard InChI is InChI=1S/C14H17Br2N3O/c1-9-14(16)12(19(3)18-9)8-20-13-5-4-10(7-17-2)6-11(13)15/h4-6,17H,7-8H2,1-3H3. The van der Waals surface area contributed by atoms with Crippen molar-refractivity contribution in [3.8, 4) is 5.75 Å². The zero-order chi connectivity index (χ0) is 14.7. The van der Waals surface area contributed by atoms with Gasteiger partial charge in [0.1, 0.15) is 12.4 Å². The first-order valence-corrected chi connectivity index (χ1v) is 7.85. The largest absolute Gasteiger partial charge is 0.486 e. The number of aromatic nitrogens is 2. The van der Waals surface area contributed by atoms with Crippen LogP contribution in [0.3, 0.4) is 0 Å². The lowest BCUT2D eigenvalue weighted by molar-refractivity contribution is 0.292. The second kappa shape index (κ2) is 6.74. The molecule has 1 aromatic heterocycles. The van der Waals surface area contributed by atoms with Crippen molar-refractivity contribution < 1.29 is 4.74 Å². The first-order chi connectivity index (χ1) is 9.52. The van der Waals surface area contributed by atoms with E-state index in [2.05, 4.69) is 54.4 Å². The normalized spacial score (nSPS) is 10.8. The van der Waals surface area contributed by atoms with Crippen molar-refractivity contribution >= 4 is 31.9 Å². The lowest BCUT2D eigenvalue weighted by Gasteiger charge is -2.10. The van der Waals surface area contributed by atoms with Crippen LogP contribution in [0.4, 0.5) is 0 Å². The number of benzene rings is 1. The molecular formula is C14H17Br2N3O. The first-order valence-electron chi connectivity index (χ1n) is 6.26. The molecule has 108 valence electrons. The number of nitrogens with one attached hydrogen (secondary N) is 1. The van der Waals surface area contributed by atoms with E-state index >= 15 is 0 Å². The van der Waals surface area contributed by atoms with Crippen molar-refractivity contribution in [1.29, 1.82) is 0 Å². The Kier molecular flexibility index (Phi) is 5.23. The fraction of sp³-hybridized carbons (Fsp3) is 0.357. The molecule has 0 atom stereocenters. The zero-order valence-electron chi connectivity index (χ0n) is 11.7. The first kappa shape index (κ1) is 15.5. The minimum Gasteiger partial charge on any atom is -0.486 e. The molecule has 1 N–H and O–H groups in total. The Hall–Kier alpha value is -0.850. The van der Waals surface area contributed by atoms with Crippen LogP contribution in [0.5, 0.6) is 5.75 Å². The summed E-state index contributed by atoms with van der Waals surface area (Å²) in [5.41, 5.74) is 3.20. The van der Waals surface area contributed by atoms with E-state index in [0.717, 1.165) is 32.6 Å². The van der Waals surface area contributed by atoms with Crippen molar-refractivity contribution in [1.82, 2.24) is 15.1 Å². The molecule has 20 heavy (non-hydrogen) atoms. The van der Waals surface area contributed by atoms with Gasteiger partial charge >= 0.3 is 0 Å². The molecule has 0 amide bonds. The van der Waals surface area contributed by atoms with Crippen molar-refractivity contribution in [2.75, 3.05) is 7.05 Å². The number of rotatable bonds is 5. The third kappa shape index (κ3) is 3.42. The van der Waals surface area contributed by atoms with Gasteiger partial charge in [-0.2, -0.15) is 5.10 Å². The van der Waals surface area contributed by atoms with E-state index in [1.165, 1.54) is 5.56 Å². The van der Waals surface area contributed by atoms with E-state index in [0.29, 0.717) is 6.61 Å². The lowest BCUT2D eigenvalue weighted by atomic mass is 10.2. The highest BCUT2D eigenvalue weighted by atomic mass is 79.9. The summed E-state index contributed by atoms with van der Waals surface area (Å²) in [4.78, 5) is 0. The van der Waals surface area contributed by atoms with E-state index in [9.17, 15) is 0 Å². The molecular weight excluding hydrogens is 386 g/mol. The minimum absolute atomic E-state index is 0.474. The molecule has 1 aromatic carbocycles. The highest BCUT2D eigenvalue weighted by Crippen LogP contribution is 2.28. The maximum absolute atomic E-state index is 5.87. The summed E-state index contributed by atoms with van der Waals surface area (Å²) in [5.74, 6) is 0.829. The third-order valence-corrected chi connectivity index (χ3v) is 4.65. The van der Waals surface area contributed by atoms with Gasteiger partial charge in [-0.05, 0) is 63.5 Å². The average molecular weight is 403 g/mol. The molecule has 0 saturated heterocycles. The lowest BCUT2D eigenvalue weighted by Crippen LogP contribution is -2.06. The number of aryl methyl sites for hydroxylation is 2. The molecule has 0 aliphatic heterocycles. The van der Waals surface area contributed by atoms with Crippen LogP contribution < -0.4 is 10.1 Å². The van der Waals surface area contributed by atoms with Crippen molar-refractivity contribution in [3.63, 3.8) is 0 Å². The van der Waals surface area contributed by atoms with Crippen LogP contribution in [-0.2, 0) is 20.2 Å². The highest BCUT2D eigenvalue weighted by molar-refractivity contribution is 9.10. The summed E-state index contributed by atoms with van der Waals surface area (Å²) >= 11 is 7.09. The van der Waals surface area contributed by atoms with Gasteiger partial charge in [0.25, 0.3) is 0 Å². The molecule has 0 bridgehead atoms. The Morgan fingerprint density at radius 3 is 2.65 bits per heavy atom.